The molecule has 0 radical (unpaired) electrons. The minimum absolute atomic E-state index is 0.801. The smallest absolute Gasteiger partial charge is 0.133 e. The largest absolute Gasteiger partial charge is 0.319 e. The number of nitrogens with zero attached hydrogens (tertiary/aromatic N) is 2. The Morgan fingerprint density at radius 1 is 1.05 bits per heavy atom. The molecule has 1 heterocycles. The van der Waals surface area contributed by atoms with Crippen LogP contribution in [0.15, 0.2) is 24.3 Å². The van der Waals surface area contributed by atoms with Crippen LogP contribution < -0.4 is 5.32 Å². The number of hydrogen-bond acceptors (Lipinski definition) is 3. The van der Waals surface area contributed by atoms with Gasteiger partial charge in [-0.25, -0.2) is 9.97 Å². The normalized spacial score (nSPS) is 10.8. The van der Waals surface area contributed by atoms with Gasteiger partial charge in [0.1, 0.15) is 5.82 Å². The van der Waals surface area contributed by atoms with Crippen LogP contribution in [-0.2, 0) is 12.8 Å². The molecule has 0 saturated heterocycles. The number of nitrogens with one attached hydrogen (secondary N) is 1. The number of likely N-dealkylation sites (N-methyl/N-ethyl adjacent to an activating group) is 1. The predicted molar refractivity (Wildman–Crippen MR) is 83.1 cm³/mol. The molecule has 20 heavy (non-hydrogen) atoms. The summed E-state index contributed by atoms with van der Waals surface area (Å²) in [5.74, 6) is 0.916. The molecule has 0 aliphatic carbocycles. The maximum Gasteiger partial charge on any atom is 0.133 e. The zero-order valence-electron chi connectivity index (χ0n) is 12.8. The van der Waals surface area contributed by atoms with Gasteiger partial charge in [-0.05, 0) is 51.9 Å². The number of aromatic nitrogens is 2. The van der Waals surface area contributed by atoms with E-state index >= 15 is 0 Å². The zero-order valence-corrected chi connectivity index (χ0v) is 12.8. The topological polar surface area (TPSA) is 37.8 Å². The van der Waals surface area contributed by atoms with Crippen molar-refractivity contribution in [2.24, 2.45) is 0 Å². The summed E-state index contributed by atoms with van der Waals surface area (Å²) in [6.07, 6.45) is 1.79. The molecule has 0 bridgehead atoms. The lowest BCUT2D eigenvalue weighted by Gasteiger charge is -2.11. The van der Waals surface area contributed by atoms with E-state index in [1.807, 2.05) is 7.05 Å². The molecule has 0 aliphatic rings. The van der Waals surface area contributed by atoms with E-state index in [-0.39, 0.29) is 0 Å². The molecule has 0 saturated carbocycles. The molecule has 0 aliphatic heterocycles. The SMILES string of the molecule is CNCCc1c(C)nc(Cc2cccc(C)c2)nc1C. The first-order chi connectivity index (χ1) is 9.60. The Morgan fingerprint density at radius 2 is 1.75 bits per heavy atom. The summed E-state index contributed by atoms with van der Waals surface area (Å²) in [7, 11) is 1.97. The molecule has 0 amide bonds. The third-order valence-corrected chi connectivity index (χ3v) is 3.54. The second kappa shape index (κ2) is 6.62. The number of aryl methyl sites for hydroxylation is 3. The van der Waals surface area contributed by atoms with Crippen LogP contribution in [0.2, 0.25) is 0 Å². The van der Waals surface area contributed by atoms with Crippen molar-refractivity contribution in [3.05, 3.63) is 58.2 Å². The predicted octanol–water partition coefficient (Wildman–Crippen LogP) is 2.75. The van der Waals surface area contributed by atoms with Crippen LogP contribution in [0.1, 0.15) is 33.9 Å². The number of benzene rings is 1. The highest BCUT2D eigenvalue weighted by Gasteiger charge is 2.08. The summed E-state index contributed by atoms with van der Waals surface area (Å²) >= 11 is 0. The van der Waals surface area contributed by atoms with Crippen LogP contribution in [0.3, 0.4) is 0 Å². The highest BCUT2D eigenvalue weighted by Crippen LogP contribution is 2.14. The summed E-state index contributed by atoms with van der Waals surface area (Å²) in [5.41, 5.74) is 6.03. The van der Waals surface area contributed by atoms with Gasteiger partial charge in [0.2, 0.25) is 0 Å². The summed E-state index contributed by atoms with van der Waals surface area (Å²) in [5, 5.41) is 3.18. The van der Waals surface area contributed by atoms with Crippen molar-refractivity contribution < 1.29 is 0 Å². The lowest BCUT2D eigenvalue weighted by Crippen LogP contribution is -2.14. The Bertz CT molecular complexity index is 568. The standard InChI is InChI=1S/C17H23N3/c1-12-6-5-7-15(10-12)11-17-19-13(2)16(8-9-18-4)14(3)20-17/h5-7,10,18H,8-9,11H2,1-4H3. The molecular formula is C17H23N3. The first-order valence-electron chi connectivity index (χ1n) is 7.13. The molecule has 1 aromatic heterocycles. The Balaban J connectivity index is 2.21. The van der Waals surface area contributed by atoms with Gasteiger partial charge in [-0.3, -0.25) is 0 Å². The van der Waals surface area contributed by atoms with E-state index in [9.17, 15) is 0 Å². The summed E-state index contributed by atoms with van der Waals surface area (Å²) in [4.78, 5) is 9.35. The molecule has 106 valence electrons. The Kier molecular flexibility index (Phi) is 4.85. The van der Waals surface area contributed by atoms with Crippen molar-refractivity contribution in [3.63, 3.8) is 0 Å². The van der Waals surface area contributed by atoms with E-state index in [1.165, 1.54) is 16.7 Å². The van der Waals surface area contributed by atoms with Crippen molar-refractivity contribution in [1.82, 2.24) is 15.3 Å². The maximum atomic E-state index is 4.67. The third-order valence-electron chi connectivity index (χ3n) is 3.54. The van der Waals surface area contributed by atoms with Crippen LogP contribution in [0.4, 0.5) is 0 Å². The van der Waals surface area contributed by atoms with Gasteiger partial charge >= 0.3 is 0 Å². The van der Waals surface area contributed by atoms with Gasteiger partial charge in [0.05, 0.1) is 0 Å². The van der Waals surface area contributed by atoms with Gasteiger partial charge in [-0.15, -0.1) is 0 Å². The number of rotatable bonds is 5. The van der Waals surface area contributed by atoms with Crippen LogP contribution >= 0.6 is 0 Å². The monoisotopic (exact) mass is 269 g/mol. The number of hydrogen-bond donors (Lipinski definition) is 1. The summed E-state index contributed by atoms with van der Waals surface area (Å²) in [6, 6.07) is 8.53. The van der Waals surface area contributed by atoms with Crippen molar-refractivity contribution in [3.8, 4) is 0 Å². The molecule has 3 nitrogen and oxygen atoms in total. The molecule has 3 heteroatoms. The van der Waals surface area contributed by atoms with Crippen LogP contribution in [0.5, 0.6) is 0 Å². The van der Waals surface area contributed by atoms with E-state index in [2.05, 4.69) is 60.3 Å². The van der Waals surface area contributed by atoms with E-state index in [1.54, 1.807) is 0 Å². The quantitative estimate of drug-likeness (QED) is 0.907. The first kappa shape index (κ1) is 14.7. The van der Waals surface area contributed by atoms with Crippen molar-refractivity contribution >= 4 is 0 Å². The van der Waals surface area contributed by atoms with E-state index in [4.69, 9.17) is 0 Å². The fourth-order valence-corrected chi connectivity index (χ4v) is 2.50. The molecule has 2 rings (SSSR count). The van der Waals surface area contributed by atoms with Crippen LogP contribution in [0.25, 0.3) is 0 Å². The molecule has 0 spiro atoms. The van der Waals surface area contributed by atoms with Crippen LogP contribution in [0, 0.1) is 20.8 Å². The Labute approximate surface area is 121 Å². The van der Waals surface area contributed by atoms with Gasteiger partial charge in [0.25, 0.3) is 0 Å². The van der Waals surface area contributed by atoms with Crippen molar-refractivity contribution in [1.29, 1.82) is 0 Å². The van der Waals surface area contributed by atoms with Crippen molar-refractivity contribution in [2.75, 3.05) is 13.6 Å². The lowest BCUT2D eigenvalue weighted by molar-refractivity contribution is 0.766. The maximum absolute atomic E-state index is 4.67. The van der Waals surface area contributed by atoms with Gasteiger partial charge < -0.3 is 5.32 Å². The fourth-order valence-electron chi connectivity index (χ4n) is 2.50. The summed E-state index contributed by atoms with van der Waals surface area (Å²) < 4.78 is 0. The average Bonchev–Trinajstić information content (AvgIpc) is 2.38. The molecule has 1 aromatic carbocycles. The second-order valence-corrected chi connectivity index (χ2v) is 5.31. The summed E-state index contributed by atoms with van der Waals surface area (Å²) in [6.45, 7) is 7.24. The molecule has 0 unspecified atom stereocenters. The third kappa shape index (κ3) is 3.64. The van der Waals surface area contributed by atoms with Crippen molar-refractivity contribution in [2.45, 2.75) is 33.6 Å². The Morgan fingerprint density at radius 3 is 2.35 bits per heavy atom. The van der Waals surface area contributed by atoms with Gasteiger partial charge in [0, 0.05) is 17.8 Å². The lowest BCUT2D eigenvalue weighted by atomic mass is 10.1. The molecule has 1 N–H and O–H groups in total. The molecule has 0 fully saturated rings. The van der Waals surface area contributed by atoms with Gasteiger partial charge in [-0.1, -0.05) is 29.8 Å². The highest BCUT2D eigenvalue weighted by molar-refractivity contribution is 5.28. The average molecular weight is 269 g/mol. The first-order valence-corrected chi connectivity index (χ1v) is 7.13. The van der Waals surface area contributed by atoms with Gasteiger partial charge in [-0.2, -0.15) is 0 Å². The fraction of sp³-hybridized carbons (Fsp3) is 0.412. The van der Waals surface area contributed by atoms with Crippen LogP contribution in [-0.4, -0.2) is 23.6 Å². The molecule has 2 aromatic rings. The highest BCUT2D eigenvalue weighted by atomic mass is 14.9. The second-order valence-electron chi connectivity index (χ2n) is 5.31. The minimum Gasteiger partial charge on any atom is -0.319 e. The minimum atomic E-state index is 0.801. The molecular weight excluding hydrogens is 246 g/mol. The van der Waals surface area contributed by atoms with E-state index < -0.39 is 0 Å². The van der Waals surface area contributed by atoms with Gasteiger partial charge in [0.15, 0.2) is 0 Å². The van der Waals surface area contributed by atoms with E-state index in [0.29, 0.717) is 0 Å². The Hall–Kier alpha value is -1.74. The van der Waals surface area contributed by atoms with E-state index in [0.717, 1.165) is 36.6 Å². The zero-order chi connectivity index (χ0) is 14.5. The molecule has 0 atom stereocenters.